The van der Waals surface area contributed by atoms with Gasteiger partial charge in [0.2, 0.25) is 0 Å². The highest BCUT2D eigenvalue weighted by Crippen LogP contribution is 2.41. The van der Waals surface area contributed by atoms with Crippen LogP contribution in [0, 0.1) is 11.8 Å². The molecule has 1 fully saturated rings. The van der Waals surface area contributed by atoms with Crippen LogP contribution in [-0.2, 0) is 4.74 Å². The normalized spacial score (nSPS) is 21.2. The number of H-pyrrole nitrogens is 1. The van der Waals surface area contributed by atoms with Crippen molar-refractivity contribution < 1.29 is 4.74 Å². The predicted molar refractivity (Wildman–Crippen MR) is 151 cm³/mol. The molecule has 3 nitrogen and oxygen atoms in total. The van der Waals surface area contributed by atoms with Crippen molar-refractivity contribution in [3.63, 3.8) is 0 Å². The molecule has 0 radical (unpaired) electrons. The molecule has 0 spiro atoms. The lowest BCUT2D eigenvalue weighted by molar-refractivity contribution is 0.159. The number of rotatable bonds is 10. The Labute approximate surface area is 219 Å². The lowest BCUT2D eigenvalue weighted by atomic mass is 9.83. The second-order valence-electron chi connectivity index (χ2n) is 10.4. The molecule has 186 valence electrons. The summed E-state index contributed by atoms with van der Waals surface area (Å²) in [4.78, 5) is 10.2. The summed E-state index contributed by atoms with van der Waals surface area (Å²) in [5.74, 6) is 5.11. The SMILES string of the molecule is CCCC(c1nc2cc(C3=CCCC=C3OC(C)C)c(Cl)cc2[nH]1)C1C=CC(SCC2CC2)=CC1. The minimum atomic E-state index is 0.127. The van der Waals surface area contributed by atoms with Gasteiger partial charge in [-0.3, -0.25) is 0 Å². The van der Waals surface area contributed by atoms with Crippen molar-refractivity contribution in [3.8, 4) is 0 Å². The van der Waals surface area contributed by atoms with Crippen LogP contribution < -0.4 is 0 Å². The number of benzene rings is 1. The Kier molecular flexibility index (Phi) is 7.79. The number of imidazole rings is 1. The lowest BCUT2D eigenvalue weighted by Crippen LogP contribution is -2.14. The van der Waals surface area contributed by atoms with E-state index in [4.69, 9.17) is 21.3 Å². The van der Waals surface area contributed by atoms with E-state index in [2.05, 4.69) is 62.2 Å². The summed E-state index contributed by atoms with van der Waals surface area (Å²) in [5.41, 5.74) is 4.08. The smallest absolute Gasteiger partial charge is 0.123 e. The maximum Gasteiger partial charge on any atom is 0.123 e. The Morgan fingerprint density at radius 3 is 2.71 bits per heavy atom. The largest absolute Gasteiger partial charge is 0.491 e. The van der Waals surface area contributed by atoms with Gasteiger partial charge in [-0.2, -0.15) is 0 Å². The summed E-state index contributed by atoms with van der Waals surface area (Å²) in [6, 6.07) is 4.18. The van der Waals surface area contributed by atoms with E-state index in [9.17, 15) is 0 Å². The quantitative estimate of drug-likeness (QED) is 0.347. The van der Waals surface area contributed by atoms with Gasteiger partial charge in [0.05, 0.1) is 22.2 Å². The highest BCUT2D eigenvalue weighted by Gasteiger charge is 2.26. The molecule has 0 amide bonds. The zero-order valence-electron chi connectivity index (χ0n) is 21.1. The molecule has 1 heterocycles. The number of allylic oxidation sites excluding steroid dienone is 6. The zero-order valence-corrected chi connectivity index (χ0v) is 22.7. The molecular weight excluding hydrogens is 472 g/mol. The number of ether oxygens (including phenoxy) is 1. The van der Waals surface area contributed by atoms with Gasteiger partial charge in [0, 0.05) is 27.7 Å². The minimum absolute atomic E-state index is 0.127. The topological polar surface area (TPSA) is 37.9 Å². The van der Waals surface area contributed by atoms with Crippen molar-refractivity contribution in [2.45, 2.75) is 77.7 Å². The highest BCUT2D eigenvalue weighted by molar-refractivity contribution is 8.03. The molecular formula is C30H37ClN2OS. The van der Waals surface area contributed by atoms with Gasteiger partial charge in [0.1, 0.15) is 11.6 Å². The van der Waals surface area contributed by atoms with E-state index in [0.29, 0.717) is 11.8 Å². The fourth-order valence-electron chi connectivity index (χ4n) is 5.08. The fraction of sp³-hybridized carbons (Fsp3) is 0.500. The third-order valence-corrected chi connectivity index (χ3v) is 8.69. The van der Waals surface area contributed by atoms with Crippen LogP contribution in [-0.4, -0.2) is 21.8 Å². The van der Waals surface area contributed by atoms with Gasteiger partial charge >= 0.3 is 0 Å². The van der Waals surface area contributed by atoms with Gasteiger partial charge in [0.25, 0.3) is 0 Å². The molecule has 5 rings (SSSR count). The van der Waals surface area contributed by atoms with Crippen molar-refractivity contribution in [1.29, 1.82) is 0 Å². The third-order valence-electron chi connectivity index (χ3n) is 7.10. The summed E-state index contributed by atoms with van der Waals surface area (Å²) in [7, 11) is 0. The van der Waals surface area contributed by atoms with Gasteiger partial charge in [-0.1, -0.05) is 49.2 Å². The van der Waals surface area contributed by atoms with Gasteiger partial charge in [-0.25, -0.2) is 4.98 Å². The molecule has 2 unspecified atom stereocenters. The molecule has 1 aromatic heterocycles. The number of fused-ring (bicyclic) bond motifs is 1. The number of hydrogen-bond donors (Lipinski definition) is 1. The van der Waals surface area contributed by atoms with E-state index in [-0.39, 0.29) is 6.10 Å². The average molecular weight is 509 g/mol. The Bertz CT molecular complexity index is 1180. The van der Waals surface area contributed by atoms with Gasteiger partial charge < -0.3 is 9.72 Å². The zero-order chi connectivity index (χ0) is 24.4. The van der Waals surface area contributed by atoms with Crippen LogP contribution in [0.5, 0.6) is 0 Å². The first kappa shape index (κ1) is 24.8. The molecule has 2 atom stereocenters. The van der Waals surface area contributed by atoms with E-state index < -0.39 is 0 Å². The van der Waals surface area contributed by atoms with Crippen LogP contribution in [0.15, 0.2) is 53.2 Å². The second-order valence-corrected chi connectivity index (χ2v) is 11.9. The van der Waals surface area contributed by atoms with E-state index in [1.165, 1.54) is 23.5 Å². The van der Waals surface area contributed by atoms with Crippen molar-refractivity contribution >= 4 is 40.0 Å². The Morgan fingerprint density at radius 2 is 2.00 bits per heavy atom. The number of nitrogens with one attached hydrogen (secondary N) is 1. The maximum absolute atomic E-state index is 6.82. The number of hydrogen-bond acceptors (Lipinski definition) is 3. The second kappa shape index (κ2) is 11.0. The first-order valence-corrected chi connectivity index (χ1v) is 14.7. The van der Waals surface area contributed by atoms with Gasteiger partial charge in [0.15, 0.2) is 0 Å². The molecule has 3 aliphatic rings. The van der Waals surface area contributed by atoms with E-state index >= 15 is 0 Å². The molecule has 0 saturated heterocycles. The number of halogens is 1. The molecule has 3 aliphatic carbocycles. The Morgan fingerprint density at radius 1 is 1.17 bits per heavy atom. The van der Waals surface area contributed by atoms with Crippen LogP contribution in [0.1, 0.15) is 83.0 Å². The maximum atomic E-state index is 6.82. The summed E-state index contributed by atoms with van der Waals surface area (Å²) >= 11 is 8.85. The van der Waals surface area contributed by atoms with E-state index in [1.54, 1.807) is 0 Å². The monoisotopic (exact) mass is 508 g/mol. The van der Waals surface area contributed by atoms with Crippen molar-refractivity contribution in [1.82, 2.24) is 9.97 Å². The third kappa shape index (κ3) is 5.91. The van der Waals surface area contributed by atoms with Crippen LogP contribution >= 0.6 is 23.4 Å². The van der Waals surface area contributed by atoms with Crippen LogP contribution in [0.4, 0.5) is 0 Å². The van der Waals surface area contributed by atoms with Gasteiger partial charge in [-0.05, 0) is 82.4 Å². The van der Waals surface area contributed by atoms with Crippen molar-refractivity contribution in [2.24, 2.45) is 11.8 Å². The van der Waals surface area contributed by atoms with Crippen LogP contribution in [0.3, 0.4) is 0 Å². The molecule has 1 N–H and O–H groups in total. The molecule has 0 bridgehead atoms. The lowest BCUT2D eigenvalue weighted by Gasteiger charge is -2.24. The van der Waals surface area contributed by atoms with Crippen LogP contribution in [0.2, 0.25) is 5.02 Å². The molecule has 5 heteroatoms. The standard InChI is InChI=1S/C30H37ClN2OS/c1-4-7-23(21-12-14-22(15-13-21)35-18-20-10-11-20)30-32-27-16-25(26(31)17-28(27)33-30)24-8-5-6-9-29(24)34-19(2)3/h8-9,12,14-17,19-21,23H,4-7,10-11,13,18H2,1-3H3,(H,32,33). The Hall–Kier alpha value is -1.91. The van der Waals surface area contributed by atoms with Crippen LogP contribution in [0.25, 0.3) is 16.6 Å². The molecule has 2 aromatic rings. The molecule has 35 heavy (non-hydrogen) atoms. The average Bonchev–Trinajstić information content (AvgIpc) is 3.59. The van der Waals surface area contributed by atoms with E-state index in [1.807, 2.05) is 17.8 Å². The first-order valence-electron chi connectivity index (χ1n) is 13.3. The molecule has 0 aliphatic heterocycles. The number of aromatic amines is 1. The van der Waals surface area contributed by atoms with Gasteiger partial charge in [-0.15, -0.1) is 11.8 Å². The fourth-order valence-corrected chi connectivity index (χ4v) is 6.49. The van der Waals surface area contributed by atoms with E-state index in [0.717, 1.165) is 76.8 Å². The molecule has 1 saturated carbocycles. The number of nitrogens with zero attached hydrogens (tertiary/aromatic N) is 1. The summed E-state index contributed by atoms with van der Waals surface area (Å²) in [6.45, 7) is 6.40. The Balaban J connectivity index is 1.38. The highest BCUT2D eigenvalue weighted by atomic mass is 35.5. The minimum Gasteiger partial charge on any atom is -0.491 e. The number of aromatic nitrogens is 2. The molecule has 1 aromatic carbocycles. The summed E-state index contributed by atoms with van der Waals surface area (Å²) in [6.07, 6.45) is 20.0. The summed E-state index contributed by atoms with van der Waals surface area (Å²) < 4.78 is 6.11. The number of thioether (sulfide) groups is 1. The first-order chi connectivity index (χ1) is 17.0. The van der Waals surface area contributed by atoms with Crippen molar-refractivity contribution in [2.75, 3.05) is 5.75 Å². The predicted octanol–water partition coefficient (Wildman–Crippen LogP) is 9.19. The van der Waals surface area contributed by atoms with Crippen molar-refractivity contribution in [3.05, 3.63) is 69.6 Å². The summed E-state index contributed by atoms with van der Waals surface area (Å²) in [5, 5.41) is 0.740.